The maximum absolute atomic E-state index is 13.2. The van der Waals surface area contributed by atoms with Crippen LogP contribution in [0.3, 0.4) is 0 Å². The lowest BCUT2D eigenvalue weighted by Crippen LogP contribution is -2.50. The van der Waals surface area contributed by atoms with Crippen LogP contribution in [0.2, 0.25) is 0 Å². The Kier molecular flexibility index (Phi) is 5.86. The fraction of sp³-hybridized carbons (Fsp3) is 0.611. The molecule has 0 N–H and O–H groups in total. The normalized spacial score (nSPS) is 16.7. The van der Waals surface area contributed by atoms with E-state index in [-0.39, 0.29) is 5.91 Å². The summed E-state index contributed by atoms with van der Waals surface area (Å²) >= 11 is 3.51. The summed E-state index contributed by atoms with van der Waals surface area (Å²) in [5.74, 6) is 0.264. The summed E-state index contributed by atoms with van der Waals surface area (Å²) < 4.78 is 0. The highest BCUT2D eigenvalue weighted by Crippen LogP contribution is 2.30. The highest BCUT2D eigenvalue weighted by atomic mass is 79.9. The summed E-state index contributed by atoms with van der Waals surface area (Å²) in [6.45, 7) is 4.91. The first-order chi connectivity index (χ1) is 10.1. The Bertz CT molecular complexity index is 452. The molecular weight excluding hydrogens is 326 g/mol. The van der Waals surface area contributed by atoms with Crippen LogP contribution in [0.1, 0.15) is 51.5 Å². The number of halogens is 1. The SMILES string of the molecule is CC(C)(C(=O)N(CCBr)C1CCCCC1)c1ccccc1. The van der Waals surface area contributed by atoms with E-state index >= 15 is 0 Å². The third kappa shape index (κ3) is 3.88. The summed E-state index contributed by atoms with van der Waals surface area (Å²) in [6.07, 6.45) is 6.13. The van der Waals surface area contributed by atoms with E-state index in [1.807, 2.05) is 18.2 Å². The number of nitrogens with zero attached hydrogens (tertiary/aromatic N) is 1. The predicted molar refractivity (Wildman–Crippen MR) is 91.8 cm³/mol. The second-order valence-corrected chi connectivity index (χ2v) is 7.26. The molecule has 2 nitrogen and oxygen atoms in total. The van der Waals surface area contributed by atoms with E-state index in [4.69, 9.17) is 0 Å². The van der Waals surface area contributed by atoms with Gasteiger partial charge in [0, 0.05) is 17.9 Å². The number of carbonyl (C=O) groups excluding carboxylic acids is 1. The molecule has 1 aromatic rings. The Morgan fingerprint density at radius 1 is 1.19 bits per heavy atom. The molecule has 1 saturated carbocycles. The molecule has 0 aliphatic heterocycles. The molecule has 1 aliphatic carbocycles. The smallest absolute Gasteiger partial charge is 0.232 e. The third-order valence-corrected chi connectivity index (χ3v) is 4.99. The maximum atomic E-state index is 13.2. The molecule has 1 fully saturated rings. The number of hydrogen-bond donors (Lipinski definition) is 0. The van der Waals surface area contributed by atoms with Crippen LogP contribution < -0.4 is 0 Å². The van der Waals surface area contributed by atoms with Crippen molar-refractivity contribution >= 4 is 21.8 Å². The van der Waals surface area contributed by atoms with Gasteiger partial charge in [-0.05, 0) is 32.3 Å². The largest absolute Gasteiger partial charge is 0.338 e. The second-order valence-electron chi connectivity index (χ2n) is 6.47. The van der Waals surface area contributed by atoms with Crippen molar-refractivity contribution in [2.75, 3.05) is 11.9 Å². The van der Waals surface area contributed by atoms with Crippen molar-refractivity contribution in [2.24, 2.45) is 0 Å². The lowest BCUT2D eigenvalue weighted by molar-refractivity contribution is -0.139. The molecule has 0 bridgehead atoms. The molecule has 116 valence electrons. The van der Waals surface area contributed by atoms with Crippen molar-refractivity contribution in [3.05, 3.63) is 35.9 Å². The molecule has 0 radical (unpaired) electrons. The summed E-state index contributed by atoms with van der Waals surface area (Å²) in [7, 11) is 0. The molecule has 3 heteroatoms. The molecule has 21 heavy (non-hydrogen) atoms. The third-order valence-electron chi connectivity index (χ3n) is 4.63. The predicted octanol–water partition coefficient (Wildman–Crippen LogP) is 4.52. The lowest BCUT2D eigenvalue weighted by atomic mass is 9.82. The molecule has 1 amide bonds. The molecule has 0 heterocycles. The standard InChI is InChI=1S/C18H26BrNO/c1-18(2,15-9-5-3-6-10-15)17(21)20(14-13-19)16-11-7-4-8-12-16/h3,5-6,9-10,16H,4,7-8,11-14H2,1-2H3. The Morgan fingerprint density at radius 2 is 1.81 bits per heavy atom. The van der Waals surface area contributed by atoms with Crippen molar-refractivity contribution in [3.8, 4) is 0 Å². The number of amides is 1. The molecule has 1 aromatic carbocycles. The molecule has 0 spiro atoms. The van der Waals surface area contributed by atoms with Gasteiger partial charge in [0.15, 0.2) is 0 Å². The minimum Gasteiger partial charge on any atom is -0.338 e. The second kappa shape index (κ2) is 7.44. The van der Waals surface area contributed by atoms with Crippen LogP contribution in [-0.2, 0) is 10.2 Å². The molecule has 0 atom stereocenters. The van der Waals surface area contributed by atoms with Gasteiger partial charge in [0.25, 0.3) is 0 Å². The minimum atomic E-state index is -0.457. The lowest BCUT2D eigenvalue weighted by Gasteiger charge is -2.39. The summed E-state index contributed by atoms with van der Waals surface area (Å²) in [5, 5.41) is 0.847. The van der Waals surface area contributed by atoms with Gasteiger partial charge in [0.2, 0.25) is 5.91 Å². The van der Waals surface area contributed by atoms with Gasteiger partial charge in [-0.15, -0.1) is 0 Å². The van der Waals surface area contributed by atoms with Gasteiger partial charge < -0.3 is 4.90 Å². The summed E-state index contributed by atoms with van der Waals surface area (Å²) in [4.78, 5) is 15.3. The maximum Gasteiger partial charge on any atom is 0.232 e. The van der Waals surface area contributed by atoms with Crippen LogP contribution in [0.5, 0.6) is 0 Å². The van der Waals surface area contributed by atoms with Crippen molar-refractivity contribution in [1.29, 1.82) is 0 Å². The van der Waals surface area contributed by atoms with Crippen LogP contribution in [0.15, 0.2) is 30.3 Å². The number of carbonyl (C=O) groups is 1. The van der Waals surface area contributed by atoms with Crippen molar-refractivity contribution in [1.82, 2.24) is 4.90 Å². The molecule has 0 aromatic heterocycles. The zero-order chi connectivity index (χ0) is 15.3. The first-order valence-corrected chi connectivity index (χ1v) is 9.12. The fourth-order valence-electron chi connectivity index (χ4n) is 3.27. The van der Waals surface area contributed by atoms with Crippen molar-refractivity contribution in [2.45, 2.75) is 57.4 Å². The van der Waals surface area contributed by atoms with Gasteiger partial charge in [0.05, 0.1) is 5.41 Å². The van der Waals surface area contributed by atoms with Crippen LogP contribution >= 0.6 is 15.9 Å². The zero-order valence-corrected chi connectivity index (χ0v) is 14.7. The number of alkyl halides is 1. The van der Waals surface area contributed by atoms with E-state index in [0.717, 1.165) is 30.3 Å². The quantitative estimate of drug-likeness (QED) is 0.714. The first kappa shape index (κ1) is 16.5. The molecular formula is C18H26BrNO. The Labute approximate surface area is 137 Å². The number of hydrogen-bond acceptors (Lipinski definition) is 1. The minimum absolute atomic E-state index is 0.264. The van der Waals surface area contributed by atoms with E-state index in [2.05, 4.69) is 46.8 Å². The molecule has 2 rings (SSSR count). The van der Waals surface area contributed by atoms with E-state index in [9.17, 15) is 4.79 Å². The van der Waals surface area contributed by atoms with Gasteiger partial charge in [-0.3, -0.25) is 4.79 Å². The van der Waals surface area contributed by atoms with Crippen LogP contribution in [-0.4, -0.2) is 28.7 Å². The van der Waals surface area contributed by atoms with Crippen LogP contribution in [0.25, 0.3) is 0 Å². The van der Waals surface area contributed by atoms with E-state index in [1.54, 1.807) is 0 Å². The Balaban J connectivity index is 2.20. The van der Waals surface area contributed by atoms with Gasteiger partial charge in [-0.1, -0.05) is 65.5 Å². The van der Waals surface area contributed by atoms with Gasteiger partial charge in [-0.2, -0.15) is 0 Å². The Hall–Kier alpha value is -0.830. The highest BCUT2D eigenvalue weighted by Gasteiger charge is 2.36. The van der Waals surface area contributed by atoms with Crippen LogP contribution in [0.4, 0.5) is 0 Å². The topological polar surface area (TPSA) is 20.3 Å². The average molecular weight is 352 g/mol. The summed E-state index contributed by atoms with van der Waals surface area (Å²) in [5.41, 5.74) is 0.645. The molecule has 0 saturated heterocycles. The number of rotatable bonds is 5. The Morgan fingerprint density at radius 3 is 2.38 bits per heavy atom. The van der Waals surface area contributed by atoms with Crippen molar-refractivity contribution in [3.63, 3.8) is 0 Å². The van der Waals surface area contributed by atoms with E-state index < -0.39 is 5.41 Å². The van der Waals surface area contributed by atoms with Crippen molar-refractivity contribution < 1.29 is 4.79 Å². The zero-order valence-electron chi connectivity index (χ0n) is 13.1. The fourth-order valence-corrected chi connectivity index (χ4v) is 3.65. The average Bonchev–Trinajstić information content (AvgIpc) is 2.53. The first-order valence-electron chi connectivity index (χ1n) is 8.00. The number of benzene rings is 1. The monoisotopic (exact) mass is 351 g/mol. The van der Waals surface area contributed by atoms with Gasteiger partial charge in [-0.25, -0.2) is 0 Å². The molecule has 0 unspecified atom stereocenters. The highest BCUT2D eigenvalue weighted by molar-refractivity contribution is 9.09. The van der Waals surface area contributed by atoms with Crippen LogP contribution in [0, 0.1) is 0 Å². The summed E-state index contributed by atoms with van der Waals surface area (Å²) in [6, 6.07) is 10.6. The molecule has 1 aliphatic rings. The van der Waals surface area contributed by atoms with Gasteiger partial charge in [0.1, 0.15) is 0 Å². The van der Waals surface area contributed by atoms with E-state index in [0.29, 0.717) is 6.04 Å². The van der Waals surface area contributed by atoms with E-state index in [1.165, 1.54) is 19.3 Å². The van der Waals surface area contributed by atoms with Gasteiger partial charge >= 0.3 is 0 Å².